The number of halogens is 1. The normalized spacial score (nSPS) is 18.1. The topological polar surface area (TPSA) is 80.0 Å². The molecule has 3 N–H and O–H groups in total. The van der Waals surface area contributed by atoms with Crippen molar-refractivity contribution in [2.24, 2.45) is 4.99 Å². The van der Waals surface area contributed by atoms with E-state index in [9.17, 15) is 4.39 Å². The van der Waals surface area contributed by atoms with E-state index in [1.807, 2.05) is 0 Å². The Hall–Kier alpha value is -2.24. The van der Waals surface area contributed by atoms with Gasteiger partial charge in [0.05, 0.1) is 6.54 Å². The molecule has 0 spiro atoms. The maximum atomic E-state index is 13.3. The minimum absolute atomic E-state index is 0.157. The first-order valence-corrected chi connectivity index (χ1v) is 5.21. The van der Waals surface area contributed by atoms with Crippen molar-refractivity contribution >= 4 is 11.9 Å². The van der Waals surface area contributed by atoms with E-state index in [1.165, 1.54) is 6.08 Å². The molecule has 1 atom stereocenters. The van der Waals surface area contributed by atoms with Gasteiger partial charge in [0.2, 0.25) is 0 Å². The number of rotatable bonds is 1. The first kappa shape index (κ1) is 9.95. The predicted molar refractivity (Wildman–Crippen MR) is 61.2 cm³/mol. The van der Waals surface area contributed by atoms with Crippen LogP contribution in [-0.4, -0.2) is 27.7 Å². The molecule has 2 aromatic heterocycles. The molecule has 0 fully saturated rings. The van der Waals surface area contributed by atoms with Gasteiger partial charge in [0.15, 0.2) is 5.82 Å². The Morgan fingerprint density at radius 1 is 1.47 bits per heavy atom. The zero-order chi connectivity index (χ0) is 11.8. The summed E-state index contributed by atoms with van der Waals surface area (Å²) in [6.45, 7) is 0.157. The summed E-state index contributed by atoms with van der Waals surface area (Å²) in [4.78, 5) is 15.3. The minimum atomic E-state index is -1.06. The van der Waals surface area contributed by atoms with Crippen LogP contribution in [0.1, 0.15) is 0 Å². The number of aromatic nitrogens is 3. The predicted octanol–water partition coefficient (Wildman–Crippen LogP) is -0.194. The molecule has 3 rings (SSSR count). The van der Waals surface area contributed by atoms with Crippen LogP contribution in [0.2, 0.25) is 0 Å². The van der Waals surface area contributed by atoms with Crippen molar-refractivity contribution in [1.29, 1.82) is 0 Å². The summed E-state index contributed by atoms with van der Waals surface area (Å²) in [5.41, 5.74) is 6.99. The highest BCUT2D eigenvalue weighted by molar-refractivity contribution is 5.59. The second-order valence-electron chi connectivity index (χ2n) is 3.79. The van der Waals surface area contributed by atoms with Crippen LogP contribution in [-0.2, 0) is 0 Å². The van der Waals surface area contributed by atoms with Gasteiger partial charge in [-0.2, -0.15) is 0 Å². The minimum Gasteiger partial charge on any atom is -0.384 e. The number of nitrogens with zero attached hydrogens (tertiary/aromatic N) is 3. The standard InChI is InChI=1S/C11H10FN5/c12-6-3-7-8(5-16-10(7)15-4-6)11-14-2-1-9(13)17-11/h1-3,5-6H,4H2,(H,15,16)(H2,13,14,17)/t6-/m0/s1. The van der Waals surface area contributed by atoms with E-state index in [1.54, 1.807) is 18.5 Å². The lowest BCUT2D eigenvalue weighted by molar-refractivity contribution is 0.422. The molecular formula is C11H10FN5. The number of hydrogen-bond donors (Lipinski definition) is 2. The number of nitrogen functional groups attached to an aromatic ring is 1. The van der Waals surface area contributed by atoms with Gasteiger partial charge in [0.25, 0.3) is 0 Å². The smallest absolute Gasteiger partial charge is 0.163 e. The first-order valence-electron chi connectivity index (χ1n) is 5.21. The van der Waals surface area contributed by atoms with Crippen molar-refractivity contribution < 1.29 is 4.39 Å². The van der Waals surface area contributed by atoms with Crippen molar-refractivity contribution in [2.75, 3.05) is 12.3 Å². The van der Waals surface area contributed by atoms with Crippen molar-refractivity contribution in [3.63, 3.8) is 0 Å². The molecule has 1 aliphatic rings. The van der Waals surface area contributed by atoms with Gasteiger partial charge in [-0.05, 0) is 12.1 Å². The van der Waals surface area contributed by atoms with Crippen LogP contribution in [0.4, 0.5) is 10.2 Å². The van der Waals surface area contributed by atoms with Gasteiger partial charge in [0.1, 0.15) is 17.5 Å². The van der Waals surface area contributed by atoms with E-state index in [-0.39, 0.29) is 6.54 Å². The van der Waals surface area contributed by atoms with Crippen LogP contribution in [0, 0.1) is 0 Å². The molecule has 0 radical (unpaired) electrons. The van der Waals surface area contributed by atoms with Gasteiger partial charge in [-0.25, -0.2) is 14.4 Å². The molecule has 0 unspecified atom stereocenters. The zero-order valence-electron chi connectivity index (χ0n) is 8.89. The summed E-state index contributed by atoms with van der Waals surface area (Å²) in [5, 5.41) is 0.703. The van der Waals surface area contributed by atoms with Crippen LogP contribution in [0.5, 0.6) is 0 Å². The zero-order valence-corrected chi connectivity index (χ0v) is 8.89. The molecule has 0 amide bonds. The SMILES string of the molecule is Nc1ccnc(-c2c[nH]c3c2=C[C@H](F)CN=3)n1. The number of fused-ring (bicyclic) bond motifs is 1. The molecular weight excluding hydrogens is 221 g/mol. The molecule has 17 heavy (non-hydrogen) atoms. The second kappa shape index (κ2) is 3.65. The molecule has 0 bridgehead atoms. The molecule has 0 aromatic carbocycles. The Bertz CT molecular complexity index is 675. The van der Waals surface area contributed by atoms with Crippen molar-refractivity contribution in [2.45, 2.75) is 6.17 Å². The Morgan fingerprint density at radius 2 is 2.35 bits per heavy atom. The number of alkyl halides is 1. The van der Waals surface area contributed by atoms with Gasteiger partial charge in [0, 0.05) is 23.2 Å². The highest BCUT2D eigenvalue weighted by Crippen LogP contribution is 2.10. The number of aromatic amines is 1. The average Bonchev–Trinajstić information content (AvgIpc) is 2.71. The third-order valence-electron chi connectivity index (χ3n) is 2.59. The third kappa shape index (κ3) is 1.67. The Balaban J connectivity index is 2.24. The van der Waals surface area contributed by atoms with Crippen molar-refractivity contribution in [3.05, 3.63) is 29.2 Å². The van der Waals surface area contributed by atoms with Gasteiger partial charge in [-0.15, -0.1) is 0 Å². The van der Waals surface area contributed by atoms with Gasteiger partial charge in [-0.1, -0.05) is 0 Å². The van der Waals surface area contributed by atoms with Crippen molar-refractivity contribution in [1.82, 2.24) is 15.0 Å². The lowest BCUT2D eigenvalue weighted by atomic mass is 10.2. The van der Waals surface area contributed by atoms with E-state index < -0.39 is 6.17 Å². The molecule has 3 heterocycles. The molecule has 5 nitrogen and oxygen atoms in total. The summed E-state index contributed by atoms with van der Waals surface area (Å²) in [6, 6.07) is 1.61. The first-order chi connectivity index (χ1) is 8.24. The van der Waals surface area contributed by atoms with Crippen LogP contribution in [0.3, 0.4) is 0 Å². The molecule has 0 saturated carbocycles. The number of nitrogens with two attached hydrogens (primary N) is 1. The molecule has 1 aliphatic heterocycles. The van der Waals surface area contributed by atoms with Gasteiger partial charge >= 0.3 is 0 Å². The van der Waals surface area contributed by atoms with E-state index >= 15 is 0 Å². The average molecular weight is 231 g/mol. The Kier molecular flexibility index (Phi) is 2.14. The number of anilines is 1. The van der Waals surface area contributed by atoms with Crippen molar-refractivity contribution in [3.8, 4) is 11.4 Å². The lowest BCUT2D eigenvalue weighted by Crippen LogP contribution is -2.31. The molecule has 0 aliphatic carbocycles. The van der Waals surface area contributed by atoms with Gasteiger partial charge in [-0.3, -0.25) is 4.99 Å². The highest BCUT2D eigenvalue weighted by Gasteiger charge is 2.12. The number of nitrogens with one attached hydrogen (secondary N) is 1. The van der Waals surface area contributed by atoms with E-state index in [0.29, 0.717) is 22.3 Å². The lowest BCUT2D eigenvalue weighted by Gasteiger charge is -2.02. The summed E-state index contributed by atoms with van der Waals surface area (Å²) < 4.78 is 13.3. The molecule has 2 aromatic rings. The summed E-state index contributed by atoms with van der Waals surface area (Å²) in [5.74, 6) is 0.859. The van der Waals surface area contributed by atoms with Crippen LogP contribution in [0.15, 0.2) is 23.5 Å². The molecule has 0 saturated heterocycles. The van der Waals surface area contributed by atoms with E-state index in [4.69, 9.17) is 5.73 Å². The van der Waals surface area contributed by atoms with E-state index in [2.05, 4.69) is 19.9 Å². The largest absolute Gasteiger partial charge is 0.384 e. The van der Waals surface area contributed by atoms with Gasteiger partial charge < -0.3 is 10.7 Å². The Morgan fingerprint density at radius 3 is 3.18 bits per heavy atom. The maximum absolute atomic E-state index is 13.3. The van der Waals surface area contributed by atoms with Crippen LogP contribution in [0.25, 0.3) is 17.5 Å². The Labute approximate surface area is 95.9 Å². The van der Waals surface area contributed by atoms with Crippen LogP contribution >= 0.6 is 0 Å². The fourth-order valence-corrected chi connectivity index (χ4v) is 1.82. The molecule has 86 valence electrons. The van der Waals surface area contributed by atoms with E-state index in [0.717, 1.165) is 5.56 Å². The van der Waals surface area contributed by atoms with Crippen LogP contribution < -0.4 is 16.4 Å². The third-order valence-corrected chi connectivity index (χ3v) is 2.59. The quantitative estimate of drug-likeness (QED) is 0.713. The highest BCUT2D eigenvalue weighted by atomic mass is 19.1. The second-order valence-corrected chi connectivity index (χ2v) is 3.79. The maximum Gasteiger partial charge on any atom is 0.163 e. The fraction of sp³-hybridized carbons (Fsp3) is 0.182. The monoisotopic (exact) mass is 231 g/mol. The number of H-pyrrole nitrogens is 1. The fourth-order valence-electron chi connectivity index (χ4n) is 1.82. The molecule has 6 heteroatoms. The number of hydrogen-bond acceptors (Lipinski definition) is 4. The summed E-state index contributed by atoms with van der Waals surface area (Å²) >= 11 is 0. The summed E-state index contributed by atoms with van der Waals surface area (Å²) in [7, 11) is 0. The summed E-state index contributed by atoms with van der Waals surface area (Å²) in [6.07, 6.45) is 3.76.